The molecule has 102 valence electrons. The standard InChI is InChI=1S/C17H23NO/c1-11-8-15(19-3)6-7-17(11)18-12(2)16-10-13-4-5-14(16)9-13/h4-8,12-14,16,18H,9-10H2,1-3H3. The molecule has 0 saturated heterocycles. The van der Waals surface area contributed by atoms with Crippen molar-refractivity contribution in [3.05, 3.63) is 35.9 Å². The van der Waals surface area contributed by atoms with Crippen molar-refractivity contribution < 1.29 is 4.74 Å². The van der Waals surface area contributed by atoms with E-state index in [2.05, 4.69) is 43.4 Å². The van der Waals surface area contributed by atoms with Crippen LogP contribution < -0.4 is 10.1 Å². The van der Waals surface area contributed by atoms with Gasteiger partial charge in [0.25, 0.3) is 0 Å². The van der Waals surface area contributed by atoms with Crippen molar-refractivity contribution in [2.24, 2.45) is 17.8 Å². The minimum absolute atomic E-state index is 0.534. The average Bonchev–Trinajstić information content (AvgIpc) is 3.03. The first-order chi connectivity index (χ1) is 9.17. The van der Waals surface area contributed by atoms with Crippen LogP contribution in [0.25, 0.3) is 0 Å². The molecule has 1 fully saturated rings. The van der Waals surface area contributed by atoms with Crippen LogP contribution in [0.3, 0.4) is 0 Å². The molecule has 2 aliphatic rings. The SMILES string of the molecule is COc1ccc(NC(C)C2CC3C=CC2C3)c(C)c1. The van der Waals surface area contributed by atoms with Gasteiger partial charge in [-0.1, -0.05) is 12.2 Å². The predicted molar refractivity (Wildman–Crippen MR) is 79.7 cm³/mol. The molecule has 2 nitrogen and oxygen atoms in total. The Balaban J connectivity index is 1.69. The van der Waals surface area contributed by atoms with E-state index in [1.807, 2.05) is 6.07 Å². The largest absolute Gasteiger partial charge is 0.497 e. The Hall–Kier alpha value is -1.44. The maximum absolute atomic E-state index is 5.26. The summed E-state index contributed by atoms with van der Waals surface area (Å²) in [7, 11) is 1.71. The number of hydrogen-bond acceptors (Lipinski definition) is 2. The fourth-order valence-corrected chi connectivity index (χ4v) is 3.68. The normalized spacial score (nSPS) is 29.5. The summed E-state index contributed by atoms with van der Waals surface area (Å²) in [5.41, 5.74) is 2.49. The molecule has 1 aromatic rings. The molecule has 0 aromatic heterocycles. The van der Waals surface area contributed by atoms with Crippen LogP contribution >= 0.6 is 0 Å². The fraction of sp³-hybridized carbons (Fsp3) is 0.529. The third kappa shape index (κ3) is 2.36. The molecule has 2 aliphatic carbocycles. The molecule has 4 atom stereocenters. The van der Waals surface area contributed by atoms with Crippen LogP contribution in [0, 0.1) is 24.7 Å². The van der Waals surface area contributed by atoms with Crippen molar-refractivity contribution in [1.82, 2.24) is 0 Å². The van der Waals surface area contributed by atoms with Crippen molar-refractivity contribution >= 4 is 5.69 Å². The highest BCUT2D eigenvalue weighted by Crippen LogP contribution is 2.45. The number of fused-ring (bicyclic) bond motifs is 2. The zero-order valence-electron chi connectivity index (χ0n) is 12.0. The summed E-state index contributed by atoms with van der Waals surface area (Å²) < 4.78 is 5.26. The van der Waals surface area contributed by atoms with Gasteiger partial charge in [0.15, 0.2) is 0 Å². The summed E-state index contributed by atoms with van der Waals surface area (Å²) in [4.78, 5) is 0. The molecule has 2 heteroatoms. The zero-order valence-corrected chi connectivity index (χ0v) is 12.0. The predicted octanol–water partition coefficient (Wildman–Crippen LogP) is 4.02. The van der Waals surface area contributed by atoms with Crippen molar-refractivity contribution in [2.75, 3.05) is 12.4 Å². The average molecular weight is 257 g/mol. The van der Waals surface area contributed by atoms with Gasteiger partial charge in [-0.2, -0.15) is 0 Å². The second kappa shape index (κ2) is 4.92. The summed E-state index contributed by atoms with van der Waals surface area (Å²) in [6.45, 7) is 4.46. The van der Waals surface area contributed by atoms with E-state index in [9.17, 15) is 0 Å². The second-order valence-corrected chi connectivity index (χ2v) is 6.06. The summed E-state index contributed by atoms with van der Waals surface area (Å²) in [6, 6.07) is 6.79. The Morgan fingerprint density at radius 1 is 1.26 bits per heavy atom. The number of nitrogens with one attached hydrogen (secondary N) is 1. The van der Waals surface area contributed by atoms with Crippen LogP contribution in [0.4, 0.5) is 5.69 Å². The molecule has 0 radical (unpaired) electrons. The van der Waals surface area contributed by atoms with Crippen LogP contribution in [0.2, 0.25) is 0 Å². The number of ether oxygens (including phenoxy) is 1. The number of aryl methyl sites for hydroxylation is 1. The second-order valence-electron chi connectivity index (χ2n) is 6.06. The fourth-order valence-electron chi connectivity index (χ4n) is 3.68. The molecule has 1 N–H and O–H groups in total. The third-order valence-corrected chi connectivity index (χ3v) is 4.79. The van der Waals surface area contributed by atoms with E-state index in [0.717, 1.165) is 23.5 Å². The molecule has 1 saturated carbocycles. The van der Waals surface area contributed by atoms with E-state index in [1.165, 1.54) is 24.1 Å². The highest BCUT2D eigenvalue weighted by Gasteiger charge is 2.38. The van der Waals surface area contributed by atoms with Gasteiger partial charge in [-0.05, 0) is 68.2 Å². The van der Waals surface area contributed by atoms with Crippen LogP contribution in [-0.2, 0) is 0 Å². The minimum atomic E-state index is 0.534. The van der Waals surface area contributed by atoms with Gasteiger partial charge in [0, 0.05) is 11.7 Å². The molecule has 0 heterocycles. The van der Waals surface area contributed by atoms with Gasteiger partial charge < -0.3 is 10.1 Å². The smallest absolute Gasteiger partial charge is 0.119 e. The molecule has 1 aromatic carbocycles. The van der Waals surface area contributed by atoms with Gasteiger partial charge in [0.2, 0.25) is 0 Å². The number of rotatable bonds is 4. The van der Waals surface area contributed by atoms with E-state index >= 15 is 0 Å². The van der Waals surface area contributed by atoms with E-state index < -0.39 is 0 Å². The van der Waals surface area contributed by atoms with Crippen LogP contribution in [0.1, 0.15) is 25.3 Å². The van der Waals surface area contributed by atoms with Gasteiger partial charge in [0.05, 0.1) is 7.11 Å². The van der Waals surface area contributed by atoms with E-state index in [4.69, 9.17) is 4.74 Å². The van der Waals surface area contributed by atoms with Gasteiger partial charge in [0.1, 0.15) is 5.75 Å². The lowest BCUT2D eigenvalue weighted by Gasteiger charge is -2.27. The number of hydrogen-bond donors (Lipinski definition) is 1. The molecule has 2 bridgehead atoms. The molecule has 4 unspecified atom stereocenters. The highest BCUT2D eigenvalue weighted by atomic mass is 16.5. The molecular formula is C17H23NO. The van der Waals surface area contributed by atoms with E-state index in [1.54, 1.807) is 7.11 Å². The maximum Gasteiger partial charge on any atom is 0.119 e. The monoisotopic (exact) mass is 257 g/mol. The molecular weight excluding hydrogens is 234 g/mol. The topological polar surface area (TPSA) is 21.3 Å². The Kier molecular flexibility index (Phi) is 3.26. The Morgan fingerprint density at radius 2 is 2.11 bits per heavy atom. The number of allylic oxidation sites excluding steroid dienone is 2. The van der Waals surface area contributed by atoms with Crippen molar-refractivity contribution in [1.29, 1.82) is 0 Å². The molecule has 0 amide bonds. The number of methoxy groups -OCH3 is 1. The first-order valence-electron chi connectivity index (χ1n) is 7.27. The van der Waals surface area contributed by atoms with Crippen LogP contribution in [0.5, 0.6) is 5.75 Å². The minimum Gasteiger partial charge on any atom is -0.497 e. The Bertz CT molecular complexity index is 494. The quantitative estimate of drug-likeness (QED) is 0.823. The van der Waals surface area contributed by atoms with Crippen LogP contribution in [-0.4, -0.2) is 13.2 Å². The summed E-state index contributed by atoms with van der Waals surface area (Å²) in [5, 5.41) is 3.70. The summed E-state index contributed by atoms with van der Waals surface area (Å²) in [5.74, 6) is 3.36. The van der Waals surface area contributed by atoms with Gasteiger partial charge in [-0.25, -0.2) is 0 Å². The Labute approximate surface area is 115 Å². The first kappa shape index (κ1) is 12.6. The van der Waals surface area contributed by atoms with Gasteiger partial charge >= 0.3 is 0 Å². The third-order valence-electron chi connectivity index (χ3n) is 4.79. The Morgan fingerprint density at radius 3 is 2.68 bits per heavy atom. The number of anilines is 1. The first-order valence-corrected chi connectivity index (χ1v) is 7.27. The maximum atomic E-state index is 5.26. The number of benzene rings is 1. The lowest BCUT2D eigenvalue weighted by Crippen LogP contribution is -2.29. The molecule has 0 spiro atoms. The molecule has 19 heavy (non-hydrogen) atoms. The zero-order chi connectivity index (χ0) is 13.4. The summed E-state index contributed by atoms with van der Waals surface area (Å²) >= 11 is 0. The van der Waals surface area contributed by atoms with E-state index in [0.29, 0.717) is 6.04 Å². The molecule has 3 rings (SSSR count). The van der Waals surface area contributed by atoms with Gasteiger partial charge in [-0.3, -0.25) is 0 Å². The van der Waals surface area contributed by atoms with Crippen LogP contribution in [0.15, 0.2) is 30.4 Å². The highest BCUT2D eigenvalue weighted by molar-refractivity contribution is 5.54. The summed E-state index contributed by atoms with van der Waals surface area (Å²) in [6.07, 6.45) is 7.56. The van der Waals surface area contributed by atoms with E-state index in [-0.39, 0.29) is 0 Å². The molecule has 0 aliphatic heterocycles. The van der Waals surface area contributed by atoms with Crippen molar-refractivity contribution in [2.45, 2.75) is 32.7 Å². The lowest BCUT2D eigenvalue weighted by molar-refractivity contribution is 0.399. The van der Waals surface area contributed by atoms with Crippen molar-refractivity contribution in [3.8, 4) is 5.75 Å². The van der Waals surface area contributed by atoms with Crippen molar-refractivity contribution in [3.63, 3.8) is 0 Å². The van der Waals surface area contributed by atoms with Gasteiger partial charge in [-0.15, -0.1) is 0 Å². The lowest BCUT2D eigenvalue weighted by atomic mass is 9.87.